The van der Waals surface area contributed by atoms with Gasteiger partial charge in [0, 0.05) is 6.20 Å². The van der Waals surface area contributed by atoms with Crippen molar-refractivity contribution in [1.82, 2.24) is 4.98 Å². The smallest absolute Gasteiger partial charge is 0.258 e. The van der Waals surface area contributed by atoms with Crippen molar-refractivity contribution in [2.24, 2.45) is 0 Å². The van der Waals surface area contributed by atoms with Crippen LogP contribution < -0.4 is 0 Å². The predicted octanol–water partition coefficient (Wildman–Crippen LogP) is 3.87. The van der Waals surface area contributed by atoms with Gasteiger partial charge in [-0.3, -0.25) is 20.2 Å². The number of hydrogen-bond acceptors (Lipinski definition) is 7. The zero-order valence-corrected chi connectivity index (χ0v) is 12.2. The van der Waals surface area contributed by atoms with E-state index >= 15 is 0 Å². The molecule has 0 radical (unpaired) electrons. The van der Waals surface area contributed by atoms with E-state index in [1.54, 1.807) is 24.4 Å². The van der Waals surface area contributed by atoms with Crippen LogP contribution in [0.25, 0.3) is 0 Å². The first-order valence-electron chi connectivity index (χ1n) is 4.70. The second-order valence-electron chi connectivity index (χ2n) is 3.14. The maximum Gasteiger partial charge on any atom is 0.372 e. The maximum atomic E-state index is 11.0. The zero-order valence-electron chi connectivity index (χ0n) is 8.98. The van der Waals surface area contributed by atoms with Gasteiger partial charge < -0.3 is 0 Å². The minimum Gasteiger partial charge on any atom is -0.258 e. The first-order chi connectivity index (χ1) is 9.00. The van der Waals surface area contributed by atoms with Crippen LogP contribution in [0.15, 0.2) is 37.4 Å². The van der Waals surface area contributed by atoms with Crippen molar-refractivity contribution in [3.63, 3.8) is 0 Å². The van der Waals surface area contributed by atoms with E-state index in [9.17, 15) is 20.2 Å². The molecule has 0 saturated carbocycles. The van der Waals surface area contributed by atoms with Gasteiger partial charge in [-0.15, -0.1) is 11.3 Å². The van der Waals surface area contributed by atoms with Crippen LogP contribution >= 0.6 is 39.0 Å². The number of pyridine rings is 1. The lowest BCUT2D eigenvalue weighted by Gasteiger charge is -1.96. The molecule has 2 aromatic rings. The molecule has 2 heterocycles. The lowest BCUT2D eigenvalue weighted by Crippen LogP contribution is -1.94. The van der Waals surface area contributed by atoms with Crippen LogP contribution in [0, 0.1) is 20.2 Å². The Morgan fingerprint density at radius 3 is 2.42 bits per heavy atom. The van der Waals surface area contributed by atoms with Gasteiger partial charge in [-0.25, -0.2) is 4.98 Å². The normalized spacial score (nSPS) is 10.4. The highest BCUT2D eigenvalue weighted by Gasteiger charge is 2.36. The average molecular weight is 362 g/mol. The second kappa shape index (κ2) is 5.63. The molecule has 10 heteroatoms. The highest BCUT2D eigenvalue weighted by Crippen LogP contribution is 2.50. The molecule has 0 N–H and O–H groups in total. The quantitative estimate of drug-likeness (QED) is 0.605. The summed E-state index contributed by atoms with van der Waals surface area (Å²) < 4.78 is 0.352. The van der Waals surface area contributed by atoms with Crippen molar-refractivity contribution in [2.75, 3.05) is 0 Å². The van der Waals surface area contributed by atoms with Crippen LogP contribution in [0.3, 0.4) is 0 Å². The Kier molecular flexibility index (Phi) is 4.12. The largest absolute Gasteiger partial charge is 0.372 e. The number of nitro groups is 2. The molecule has 0 fully saturated rings. The summed E-state index contributed by atoms with van der Waals surface area (Å²) in [6, 6.07) is 5.12. The van der Waals surface area contributed by atoms with E-state index in [1.807, 2.05) is 0 Å². The Balaban J connectivity index is 2.49. The lowest BCUT2D eigenvalue weighted by molar-refractivity contribution is -0.423. The molecule has 19 heavy (non-hydrogen) atoms. The van der Waals surface area contributed by atoms with Gasteiger partial charge in [-0.2, -0.15) is 0 Å². The number of halogens is 1. The Bertz CT molecular complexity index is 646. The highest BCUT2D eigenvalue weighted by molar-refractivity contribution is 9.11. The van der Waals surface area contributed by atoms with E-state index < -0.39 is 21.2 Å². The number of hydrogen-bond donors (Lipinski definition) is 0. The maximum absolute atomic E-state index is 11.0. The minimum atomic E-state index is -0.763. The third-order valence-corrected chi connectivity index (χ3v) is 4.93. The van der Waals surface area contributed by atoms with Gasteiger partial charge in [-0.05, 0) is 28.1 Å². The Labute approximate surface area is 123 Å². The fraction of sp³-hybridized carbons (Fsp3) is 0. The minimum absolute atomic E-state index is 0.127. The molecule has 0 aliphatic heterocycles. The molecule has 0 saturated heterocycles. The van der Waals surface area contributed by atoms with Gasteiger partial charge in [-0.1, -0.05) is 17.8 Å². The molecule has 0 unspecified atom stereocenters. The van der Waals surface area contributed by atoms with E-state index in [-0.39, 0.29) is 8.00 Å². The van der Waals surface area contributed by atoms with Crippen molar-refractivity contribution in [2.45, 2.75) is 9.24 Å². The number of aromatic nitrogens is 1. The molecule has 0 spiro atoms. The van der Waals surface area contributed by atoms with Gasteiger partial charge in [0.1, 0.15) is 5.03 Å². The molecule has 0 aromatic carbocycles. The van der Waals surface area contributed by atoms with Crippen molar-refractivity contribution in [3.8, 4) is 0 Å². The number of rotatable bonds is 4. The Morgan fingerprint density at radius 1 is 1.21 bits per heavy atom. The topological polar surface area (TPSA) is 99.2 Å². The summed E-state index contributed by atoms with van der Waals surface area (Å²) in [5, 5.41) is 22.4. The van der Waals surface area contributed by atoms with Crippen LogP contribution in [0.5, 0.6) is 0 Å². The Hall–Kier alpha value is -1.52. The van der Waals surface area contributed by atoms with Gasteiger partial charge in [0.15, 0.2) is 8.00 Å². The van der Waals surface area contributed by atoms with Crippen molar-refractivity contribution < 1.29 is 9.85 Å². The van der Waals surface area contributed by atoms with Crippen molar-refractivity contribution >= 4 is 50.4 Å². The fourth-order valence-corrected chi connectivity index (χ4v) is 4.49. The summed E-state index contributed by atoms with van der Waals surface area (Å²) >= 11 is 4.96. The predicted molar refractivity (Wildman–Crippen MR) is 73.7 cm³/mol. The molecular formula is C9H4BrN3O4S2. The number of thiophene rings is 1. The van der Waals surface area contributed by atoms with Crippen LogP contribution in [0.2, 0.25) is 0 Å². The SMILES string of the molecule is O=[N+]([O-])c1c(Br)sc(Sc2ccccn2)c1[N+](=O)[O-]. The molecule has 0 amide bonds. The monoisotopic (exact) mass is 361 g/mol. The second-order valence-corrected chi connectivity index (χ2v) is 6.77. The third-order valence-electron chi connectivity index (χ3n) is 1.99. The summed E-state index contributed by atoms with van der Waals surface area (Å²) in [7, 11) is 0. The van der Waals surface area contributed by atoms with Gasteiger partial charge >= 0.3 is 11.4 Å². The average Bonchev–Trinajstić information content (AvgIpc) is 2.67. The zero-order chi connectivity index (χ0) is 14.0. The van der Waals surface area contributed by atoms with E-state index in [1.165, 1.54) is 0 Å². The first-order valence-corrected chi connectivity index (χ1v) is 7.13. The van der Waals surface area contributed by atoms with Crippen molar-refractivity contribution in [3.05, 3.63) is 48.4 Å². The summed E-state index contributed by atoms with van der Waals surface area (Å²) in [5.74, 6) is 0. The van der Waals surface area contributed by atoms with Crippen LogP contribution in [0.1, 0.15) is 0 Å². The summed E-state index contributed by atoms with van der Waals surface area (Å²) in [6.07, 6.45) is 1.55. The molecule has 0 aliphatic carbocycles. The van der Waals surface area contributed by atoms with E-state index in [0.29, 0.717) is 5.03 Å². The molecule has 0 aliphatic rings. The molecule has 2 aromatic heterocycles. The van der Waals surface area contributed by atoms with E-state index in [2.05, 4.69) is 20.9 Å². The molecule has 0 bridgehead atoms. The van der Waals surface area contributed by atoms with Gasteiger partial charge in [0.25, 0.3) is 0 Å². The van der Waals surface area contributed by atoms with Crippen LogP contribution in [0.4, 0.5) is 11.4 Å². The summed E-state index contributed by atoms with van der Waals surface area (Å²) in [6.45, 7) is 0. The standard InChI is InChI=1S/C9H4BrN3O4S2/c10-8-6(12(14)15)7(13(16)17)9(19-8)18-5-3-1-2-4-11-5/h1-4H. The first kappa shape index (κ1) is 13.9. The Morgan fingerprint density at radius 2 is 1.89 bits per heavy atom. The molecular weight excluding hydrogens is 358 g/mol. The van der Waals surface area contributed by atoms with Crippen molar-refractivity contribution in [1.29, 1.82) is 0 Å². The van der Waals surface area contributed by atoms with Gasteiger partial charge in [0.2, 0.25) is 0 Å². The summed E-state index contributed by atoms with van der Waals surface area (Å²) in [4.78, 5) is 24.4. The van der Waals surface area contributed by atoms with E-state index in [0.717, 1.165) is 23.1 Å². The lowest BCUT2D eigenvalue weighted by atomic mass is 10.5. The molecule has 2 rings (SSSR count). The molecule has 0 atom stereocenters. The van der Waals surface area contributed by atoms with Gasteiger partial charge in [0.05, 0.1) is 9.85 Å². The number of nitrogens with zero attached hydrogens (tertiary/aromatic N) is 3. The molecule has 98 valence electrons. The highest BCUT2D eigenvalue weighted by atomic mass is 79.9. The molecule has 7 nitrogen and oxygen atoms in total. The van der Waals surface area contributed by atoms with E-state index in [4.69, 9.17) is 0 Å². The van der Waals surface area contributed by atoms with Crippen LogP contribution in [-0.2, 0) is 0 Å². The summed E-state index contributed by atoms with van der Waals surface area (Å²) in [5.41, 5.74) is -1.02. The van der Waals surface area contributed by atoms with Crippen LogP contribution in [-0.4, -0.2) is 14.8 Å². The fourth-order valence-electron chi connectivity index (χ4n) is 1.26. The third kappa shape index (κ3) is 2.91.